The maximum absolute atomic E-state index is 11.9. The van der Waals surface area contributed by atoms with E-state index in [2.05, 4.69) is 0 Å². The second kappa shape index (κ2) is 2.45. The zero-order valence-corrected chi connectivity index (χ0v) is 4.75. The first-order valence-corrected chi connectivity index (χ1v) is 2.12. The first-order valence-electron chi connectivity index (χ1n) is 2.12. The SMILES string of the molecule is N#CC(F)(C(=O)F)C(F)(F)F. The minimum atomic E-state index is -5.83. The van der Waals surface area contributed by atoms with Crippen LogP contribution in [0.2, 0.25) is 0 Å². The molecule has 7 heteroatoms. The largest absolute Gasteiger partial charge is 0.446 e. The van der Waals surface area contributed by atoms with E-state index in [0.717, 1.165) is 0 Å². The minimum absolute atomic E-state index is 0.0984. The van der Waals surface area contributed by atoms with Gasteiger partial charge >= 0.3 is 17.9 Å². The van der Waals surface area contributed by atoms with Gasteiger partial charge in [-0.1, -0.05) is 0 Å². The van der Waals surface area contributed by atoms with Gasteiger partial charge in [-0.05, 0) is 0 Å². The molecule has 0 aromatic heterocycles. The van der Waals surface area contributed by atoms with Gasteiger partial charge < -0.3 is 0 Å². The van der Waals surface area contributed by atoms with Gasteiger partial charge in [-0.15, -0.1) is 0 Å². The van der Waals surface area contributed by atoms with E-state index in [0.29, 0.717) is 0 Å². The second-order valence-electron chi connectivity index (χ2n) is 1.54. The summed E-state index contributed by atoms with van der Waals surface area (Å²) in [5.41, 5.74) is -5.02. The fourth-order valence-corrected chi connectivity index (χ4v) is 0.219. The standard InChI is InChI=1S/C4F5NO/c5-2(11)3(6,1-10)4(7,8)9. The van der Waals surface area contributed by atoms with Crippen LogP contribution in [0.15, 0.2) is 0 Å². The summed E-state index contributed by atoms with van der Waals surface area (Å²) in [6.07, 6.45) is -5.83. The second-order valence-corrected chi connectivity index (χ2v) is 1.54. The number of nitriles is 1. The number of hydrogen-bond acceptors (Lipinski definition) is 2. The van der Waals surface area contributed by atoms with Crippen molar-refractivity contribution in [3.8, 4) is 6.07 Å². The van der Waals surface area contributed by atoms with Crippen LogP contribution in [0.25, 0.3) is 0 Å². The smallest absolute Gasteiger partial charge is 0.256 e. The van der Waals surface area contributed by atoms with Crippen molar-refractivity contribution in [3.05, 3.63) is 0 Å². The van der Waals surface area contributed by atoms with Crippen molar-refractivity contribution in [3.63, 3.8) is 0 Å². The van der Waals surface area contributed by atoms with E-state index in [4.69, 9.17) is 5.26 Å². The van der Waals surface area contributed by atoms with Gasteiger partial charge in [0.15, 0.2) is 0 Å². The number of nitrogens with zero attached hydrogens (tertiary/aromatic N) is 1. The predicted molar refractivity (Wildman–Crippen MR) is 21.6 cm³/mol. The first kappa shape index (κ1) is 9.81. The molecular formula is C4F5NO. The molecule has 0 radical (unpaired) electrons. The molecule has 0 aliphatic heterocycles. The monoisotopic (exact) mass is 173 g/mol. The van der Waals surface area contributed by atoms with Crippen LogP contribution < -0.4 is 0 Å². The third kappa shape index (κ3) is 1.45. The van der Waals surface area contributed by atoms with Crippen LogP contribution in [-0.4, -0.2) is 17.9 Å². The molecule has 0 aliphatic rings. The fraction of sp³-hybridized carbons (Fsp3) is 0.500. The third-order valence-corrected chi connectivity index (χ3v) is 0.816. The highest BCUT2D eigenvalue weighted by Gasteiger charge is 2.63. The summed E-state index contributed by atoms with van der Waals surface area (Å²) in [4.78, 5) is 9.36. The number of carbonyl (C=O) groups is 1. The van der Waals surface area contributed by atoms with Crippen molar-refractivity contribution in [1.82, 2.24) is 0 Å². The van der Waals surface area contributed by atoms with Crippen LogP contribution in [0, 0.1) is 11.3 Å². The molecule has 1 unspecified atom stereocenters. The highest BCUT2D eigenvalue weighted by molar-refractivity contribution is 5.82. The van der Waals surface area contributed by atoms with Crippen LogP contribution >= 0.6 is 0 Å². The van der Waals surface area contributed by atoms with Crippen LogP contribution in [0.4, 0.5) is 22.0 Å². The fourth-order valence-electron chi connectivity index (χ4n) is 0.219. The van der Waals surface area contributed by atoms with E-state index in [9.17, 15) is 26.7 Å². The number of halogens is 5. The van der Waals surface area contributed by atoms with Crippen LogP contribution in [0.1, 0.15) is 0 Å². The highest BCUT2D eigenvalue weighted by Crippen LogP contribution is 2.34. The van der Waals surface area contributed by atoms with Gasteiger partial charge in [-0.25, -0.2) is 4.39 Å². The number of alkyl halides is 4. The van der Waals surface area contributed by atoms with Gasteiger partial charge in [-0.3, -0.25) is 4.79 Å². The Hall–Kier alpha value is -1.19. The van der Waals surface area contributed by atoms with Crippen molar-refractivity contribution in [2.45, 2.75) is 11.8 Å². The molecule has 0 fully saturated rings. The van der Waals surface area contributed by atoms with E-state index >= 15 is 0 Å². The lowest BCUT2D eigenvalue weighted by molar-refractivity contribution is -0.214. The molecule has 62 valence electrons. The van der Waals surface area contributed by atoms with E-state index in [-0.39, 0.29) is 6.07 Å². The highest BCUT2D eigenvalue weighted by atomic mass is 19.4. The maximum Gasteiger partial charge on any atom is 0.446 e. The molecule has 11 heavy (non-hydrogen) atoms. The lowest BCUT2D eigenvalue weighted by Crippen LogP contribution is -2.45. The molecule has 0 rings (SSSR count). The minimum Gasteiger partial charge on any atom is -0.256 e. The summed E-state index contributed by atoms with van der Waals surface area (Å²) >= 11 is 0. The summed E-state index contributed by atoms with van der Waals surface area (Å²) in [7, 11) is 0. The molecule has 1 atom stereocenters. The Labute approximate surface area is 57.2 Å². The van der Waals surface area contributed by atoms with E-state index < -0.39 is 17.9 Å². The molecule has 0 amide bonds. The molecule has 0 saturated carbocycles. The molecular weight excluding hydrogens is 173 g/mol. The predicted octanol–water partition coefficient (Wildman–Crippen LogP) is 1.28. The first-order chi connectivity index (χ1) is 4.75. The number of carbonyl (C=O) groups excluding carboxylic acids is 1. The molecule has 2 nitrogen and oxygen atoms in total. The van der Waals surface area contributed by atoms with Crippen molar-refractivity contribution in [2.75, 3.05) is 0 Å². The summed E-state index contributed by atoms with van der Waals surface area (Å²) in [5.74, 6) is 0. The Morgan fingerprint density at radius 2 is 1.64 bits per heavy atom. The average Bonchev–Trinajstić information content (AvgIpc) is 1.83. The molecule has 0 heterocycles. The Bertz CT molecular complexity index is 216. The van der Waals surface area contributed by atoms with Crippen molar-refractivity contribution in [2.24, 2.45) is 0 Å². The van der Waals surface area contributed by atoms with Crippen LogP contribution in [0.5, 0.6) is 0 Å². The summed E-state index contributed by atoms with van der Waals surface area (Å²) in [6.45, 7) is 0. The van der Waals surface area contributed by atoms with Crippen molar-refractivity contribution >= 4 is 6.04 Å². The molecule has 0 aromatic carbocycles. The van der Waals surface area contributed by atoms with Crippen molar-refractivity contribution < 1.29 is 26.7 Å². The lowest BCUT2D eigenvalue weighted by atomic mass is 10.1. The van der Waals surface area contributed by atoms with Crippen LogP contribution in [-0.2, 0) is 4.79 Å². The van der Waals surface area contributed by atoms with E-state index in [1.165, 1.54) is 0 Å². The zero-order chi connectivity index (χ0) is 9.28. The molecule has 0 N–H and O–H groups in total. The van der Waals surface area contributed by atoms with E-state index in [1.807, 2.05) is 0 Å². The normalized spacial score (nSPS) is 16.7. The number of rotatable bonds is 1. The Kier molecular flexibility index (Phi) is 2.18. The number of hydrogen-bond donors (Lipinski definition) is 0. The quantitative estimate of drug-likeness (QED) is 0.442. The van der Waals surface area contributed by atoms with Crippen molar-refractivity contribution in [1.29, 1.82) is 5.26 Å². The lowest BCUT2D eigenvalue weighted by Gasteiger charge is -2.14. The summed E-state index contributed by atoms with van der Waals surface area (Å²) in [6, 6.07) is -3.45. The molecule has 0 spiro atoms. The zero-order valence-electron chi connectivity index (χ0n) is 4.75. The molecule has 0 aliphatic carbocycles. The Balaban J connectivity index is 4.96. The summed E-state index contributed by atoms with van der Waals surface area (Å²) in [5, 5.41) is 7.49. The van der Waals surface area contributed by atoms with Gasteiger partial charge in [0, 0.05) is 0 Å². The summed E-state index contributed by atoms with van der Waals surface area (Å²) < 4.78 is 57.1. The Morgan fingerprint density at radius 3 is 1.64 bits per heavy atom. The van der Waals surface area contributed by atoms with Gasteiger partial charge in [-0.2, -0.15) is 22.8 Å². The average molecular weight is 173 g/mol. The van der Waals surface area contributed by atoms with Gasteiger partial charge in [0.25, 0.3) is 0 Å². The maximum atomic E-state index is 11.9. The van der Waals surface area contributed by atoms with E-state index in [1.54, 1.807) is 0 Å². The van der Waals surface area contributed by atoms with Crippen LogP contribution in [0.3, 0.4) is 0 Å². The topological polar surface area (TPSA) is 40.9 Å². The van der Waals surface area contributed by atoms with Gasteiger partial charge in [0.1, 0.15) is 6.07 Å². The molecule has 0 bridgehead atoms. The molecule has 0 aromatic rings. The Morgan fingerprint density at radius 1 is 1.27 bits per heavy atom. The molecule has 0 saturated heterocycles. The third-order valence-electron chi connectivity index (χ3n) is 0.816. The van der Waals surface area contributed by atoms with Gasteiger partial charge in [0.2, 0.25) is 0 Å². The van der Waals surface area contributed by atoms with Gasteiger partial charge in [0.05, 0.1) is 0 Å².